The fraction of sp³-hybridized carbons (Fsp3) is 0.536. The van der Waals surface area contributed by atoms with Crippen molar-refractivity contribution in [3.63, 3.8) is 0 Å². The van der Waals surface area contributed by atoms with Crippen molar-refractivity contribution in [3.8, 4) is 12.3 Å². The van der Waals surface area contributed by atoms with E-state index < -0.39 is 23.4 Å². The first-order valence-corrected chi connectivity index (χ1v) is 12.3. The van der Waals surface area contributed by atoms with Gasteiger partial charge in [-0.15, -0.1) is 6.42 Å². The summed E-state index contributed by atoms with van der Waals surface area (Å²) in [5.74, 6) is 1.16. The van der Waals surface area contributed by atoms with Crippen LogP contribution in [0.5, 0.6) is 0 Å². The number of nitrogens with one attached hydrogen (secondary N) is 1. The third kappa shape index (κ3) is 4.85. The maximum atomic E-state index is 13.9. The molecule has 2 fully saturated rings. The van der Waals surface area contributed by atoms with E-state index in [4.69, 9.17) is 15.9 Å². The van der Waals surface area contributed by atoms with E-state index in [0.29, 0.717) is 12.2 Å². The normalized spacial score (nSPS) is 28.1. The standard InChI is InChI=1S/C28H34N2O5/c1-5-13-29-24(31)14-21-16-28(27(33)34-4)23(15-22(18(2)3)35-25(28)20-11-12-20)30(26(21)32)17-19-9-7-6-8-10-19/h1,6-10,15,18,20-22,25H,11-14,16-17H2,2-4H3,(H,29,31)/t21-,22+,25+,28+/m0/s1. The Labute approximate surface area is 207 Å². The Bertz CT molecular complexity index is 1040. The lowest BCUT2D eigenvalue weighted by Crippen LogP contribution is -2.61. The van der Waals surface area contributed by atoms with Crippen LogP contribution < -0.4 is 5.32 Å². The van der Waals surface area contributed by atoms with Crippen molar-refractivity contribution in [2.24, 2.45) is 23.2 Å². The molecular weight excluding hydrogens is 444 g/mol. The van der Waals surface area contributed by atoms with Crippen molar-refractivity contribution in [1.82, 2.24) is 10.2 Å². The first-order chi connectivity index (χ1) is 16.8. The molecule has 1 aromatic carbocycles. The van der Waals surface area contributed by atoms with E-state index in [1.165, 1.54) is 7.11 Å². The average Bonchev–Trinajstić information content (AvgIpc) is 3.70. The van der Waals surface area contributed by atoms with Crippen molar-refractivity contribution in [3.05, 3.63) is 47.7 Å². The second-order valence-corrected chi connectivity index (χ2v) is 10.1. The van der Waals surface area contributed by atoms with Gasteiger partial charge >= 0.3 is 5.97 Å². The third-order valence-electron chi connectivity index (χ3n) is 7.30. The predicted octanol–water partition coefficient (Wildman–Crippen LogP) is 3.05. The van der Waals surface area contributed by atoms with Crippen LogP contribution in [0.25, 0.3) is 0 Å². The number of carbonyl (C=O) groups excluding carboxylic acids is 3. The molecule has 1 aromatic rings. The van der Waals surface area contributed by atoms with Gasteiger partial charge in [-0.25, -0.2) is 0 Å². The summed E-state index contributed by atoms with van der Waals surface area (Å²) in [6.07, 6.45) is 8.62. The number of carbonyl (C=O) groups is 3. The van der Waals surface area contributed by atoms with Crippen molar-refractivity contribution < 1.29 is 23.9 Å². The zero-order chi connectivity index (χ0) is 25.2. The number of ether oxygens (including phenoxy) is 2. The van der Waals surface area contributed by atoms with Crippen molar-refractivity contribution in [1.29, 1.82) is 0 Å². The number of piperidine rings is 1. The lowest BCUT2D eigenvalue weighted by molar-refractivity contribution is -0.182. The summed E-state index contributed by atoms with van der Waals surface area (Å²) in [5, 5.41) is 2.65. The quantitative estimate of drug-likeness (QED) is 0.459. The molecule has 1 saturated heterocycles. The van der Waals surface area contributed by atoms with Gasteiger partial charge in [0.15, 0.2) is 0 Å². The second-order valence-electron chi connectivity index (χ2n) is 10.1. The molecule has 4 rings (SSSR count). The number of rotatable bonds is 8. The largest absolute Gasteiger partial charge is 0.468 e. The highest BCUT2D eigenvalue weighted by Gasteiger charge is 2.63. The molecule has 0 radical (unpaired) electrons. The Morgan fingerprint density at radius 3 is 2.60 bits per heavy atom. The Morgan fingerprint density at radius 1 is 1.29 bits per heavy atom. The summed E-state index contributed by atoms with van der Waals surface area (Å²) in [5.41, 5.74) is 0.440. The highest BCUT2D eigenvalue weighted by atomic mass is 16.5. The molecule has 186 valence electrons. The topological polar surface area (TPSA) is 84.9 Å². The number of hydrogen-bond donors (Lipinski definition) is 1. The van der Waals surface area contributed by atoms with Gasteiger partial charge in [-0.3, -0.25) is 14.4 Å². The van der Waals surface area contributed by atoms with Crippen LogP contribution in [0.15, 0.2) is 42.1 Å². The van der Waals surface area contributed by atoms with E-state index in [1.54, 1.807) is 4.90 Å². The molecule has 2 aliphatic heterocycles. The summed E-state index contributed by atoms with van der Waals surface area (Å²) in [6, 6.07) is 9.67. The minimum Gasteiger partial charge on any atom is -0.468 e. The Kier molecular flexibility index (Phi) is 7.32. The van der Waals surface area contributed by atoms with Crippen molar-refractivity contribution >= 4 is 17.8 Å². The van der Waals surface area contributed by atoms with E-state index in [2.05, 4.69) is 25.1 Å². The van der Waals surface area contributed by atoms with Gasteiger partial charge in [-0.05, 0) is 42.7 Å². The molecule has 3 aliphatic rings. The van der Waals surface area contributed by atoms with E-state index in [9.17, 15) is 14.4 Å². The van der Waals surface area contributed by atoms with E-state index in [-0.39, 0.29) is 49.1 Å². The van der Waals surface area contributed by atoms with Gasteiger partial charge in [0.1, 0.15) is 5.41 Å². The highest BCUT2D eigenvalue weighted by Crippen LogP contribution is 2.56. The Morgan fingerprint density at radius 2 is 2.00 bits per heavy atom. The van der Waals surface area contributed by atoms with E-state index in [1.807, 2.05) is 36.4 Å². The molecule has 1 N–H and O–H groups in total. The number of likely N-dealkylation sites (tertiary alicyclic amines) is 1. The van der Waals surface area contributed by atoms with Crippen LogP contribution in [0.3, 0.4) is 0 Å². The van der Waals surface area contributed by atoms with Gasteiger partial charge in [0.2, 0.25) is 11.8 Å². The van der Waals surface area contributed by atoms with Gasteiger partial charge in [-0.2, -0.15) is 0 Å². The van der Waals surface area contributed by atoms with Crippen LogP contribution in [0.1, 0.15) is 45.1 Å². The minimum absolute atomic E-state index is 0.0528. The van der Waals surface area contributed by atoms with E-state index in [0.717, 1.165) is 18.4 Å². The number of benzene rings is 1. The number of hydrogen-bond acceptors (Lipinski definition) is 5. The van der Waals surface area contributed by atoms with Crippen LogP contribution in [-0.2, 0) is 30.4 Å². The Balaban J connectivity index is 1.82. The molecule has 2 heterocycles. The van der Waals surface area contributed by atoms with Gasteiger partial charge < -0.3 is 19.7 Å². The lowest BCUT2D eigenvalue weighted by atomic mass is 9.64. The molecule has 2 amide bonds. The molecule has 7 heteroatoms. The smallest absolute Gasteiger partial charge is 0.320 e. The summed E-state index contributed by atoms with van der Waals surface area (Å²) < 4.78 is 12.0. The SMILES string of the molecule is C#CCNC(=O)C[C@H]1C[C@@]2(C(=O)OC)C(=C[C@H](C(C)C)O[C@@H]2C2CC2)N(Cc2ccccc2)C1=O. The number of terminal acetylenes is 1. The molecule has 0 aromatic heterocycles. The predicted molar refractivity (Wildman–Crippen MR) is 130 cm³/mol. The minimum atomic E-state index is -1.15. The van der Waals surface area contributed by atoms with Gasteiger partial charge in [-0.1, -0.05) is 50.1 Å². The van der Waals surface area contributed by atoms with Crippen LogP contribution in [0.4, 0.5) is 0 Å². The molecule has 1 saturated carbocycles. The molecule has 1 aliphatic carbocycles. The zero-order valence-corrected chi connectivity index (χ0v) is 20.7. The summed E-state index contributed by atoms with van der Waals surface area (Å²) >= 11 is 0. The number of methoxy groups -OCH3 is 1. The number of amides is 2. The van der Waals surface area contributed by atoms with Gasteiger partial charge in [0, 0.05) is 18.0 Å². The summed E-state index contributed by atoms with van der Waals surface area (Å²) in [6.45, 7) is 4.53. The molecule has 0 spiro atoms. The second kappa shape index (κ2) is 10.2. The molecule has 0 unspecified atom stereocenters. The maximum absolute atomic E-state index is 13.9. The highest BCUT2D eigenvalue weighted by molar-refractivity contribution is 5.92. The van der Waals surface area contributed by atoms with Crippen LogP contribution in [0.2, 0.25) is 0 Å². The first-order valence-electron chi connectivity index (χ1n) is 12.3. The fourth-order valence-corrected chi connectivity index (χ4v) is 5.42. The van der Waals surface area contributed by atoms with Gasteiger partial charge in [0.05, 0.1) is 32.4 Å². The number of nitrogens with zero attached hydrogens (tertiary/aromatic N) is 1. The zero-order valence-electron chi connectivity index (χ0n) is 20.7. The van der Waals surface area contributed by atoms with Crippen molar-refractivity contribution in [2.75, 3.05) is 13.7 Å². The molecule has 4 atom stereocenters. The number of fused-ring (bicyclic) bond motifs is 1. The monoisotopic (exact) mass is 478 g/mol. The fourth-order valence-electron chi connectivity index (χ4n) is 5.42. The van der Waals surface area contributed by atoms with Crippen LogP contribution >= 0.6 is 0 Å². The van der Waals surface area contributed by atoms with E-state index >= 15 is 0 Å². The van der Waals surface area contributed by atoms with Crippen molar-refractivity contribution in [2.45, 2.75) is 58.3 Å². The lowest BCUT2D eigenvalue weighted by Gasteiger charge is -2.53. The van der Waals surface area contributed by atoms with Crippen LogP contribution in [-0.4, -0.2) is 48.5 Å². The average molecular weight is 479 g/mol. The van der Waals surface area contributed by atoms with Crippen LogP contribution in [0, 0.1) is 35.5 Å². The first kappa shape index (κ1) is 25.0. The third-order valence-corrected chi connectivity index (χ3v) is 7.30. The molecular formula is C28H34N2O5. The molecule has 7 nitrogen and oxygen atoms in total. The summed E-state index contributed by atoms with van der Waals surface area (Å²) in [7, 11) is 1.37. The maximum Gasteiger partial charge on any atom is 0.320 e. The Hall–Kier alpha value is -3.11. The molecule has 35 heavy (non-hydrogen) atoms. The van der Waals surface area contributed by atoms with Gasteiger partial charge in [0.25, 0.3) is 0 Å². The summed E-state index contributed by atoms with van der Waals surface area (Å²) in [4.78, 5) is 41.8. The number of esters is 1. The molecule has 0 bridgehead atoms.